The molecule has 38 heavy (non-hydrogen) atoms. The molecule has 0 aliphatic heterocycles. The quantitative estimate of drug-likeness (QED) is 0.283. The van der Waals surface area contributed by atoms with E-state index in [0.29, 0.717) is 17.7 Å². The summed E-state index contributed by atoms with van der Waals surface area (Å²) in [5.74, 6) is -2.06. The van der Waals surface area contributed by atoms with Gasteiger partial charge in [0.1, 0.15) is 11.7 Å². The Morgan fingerprint density at radius 1 is 0.789 bits per heavy atom. The first-order valence-corrected chi connectivity index (χ1v) is 11.1. The number of fused-ring (bicyclic) bond motifs is 1. The first kappa shape index (κ1) is 26.6. The van der Waals surface area contributed by atoms with Crippen LogP contribution in [-0.2, 0) is 23.6 Å². The van der Waals surface area contributed by atoms with Crippen LogP contribution in [-0.4, -0.2) is 28.0 Å². The Labute approximate surface area is 211 Å². The number of carboxylic acid groups (broad SMARTS) is 1. The van der Waals surface area contributed by atoms with E-state index in [1.807, 2.05) is 0 Å². The number of carbonyl (C=O) groups excluding carboxylic acids is 1. The number of rotatable bonds is 6. The summed E-state index contributed by atoms with van der Waals surface area (Å²) >= 11 is 0. The second-order valence-electron chi connectivity index (χ2n) is 8.48. The number of nitrogens with one attached hydrogen (secondary N) is 1. The number of amides is 1. The van der Waals surface area contributed by atoms with Gasteiger partial charge in [-0.05, 0) is 46.3 Å². The molecule has 1 amide bonds. The van der Waals surface area contributed by atoms with E-state index in [-0.39, 0.29) is 29.3 Å². The van der Waals surface area contributed by atoms with Gasteiger partial charge in [-0.1, -0.05) is 48.5 Å². The molecule has 5 nitrogen and oxygen atoms in total. The Balaban J connectivity index is 1.54. The number of carboxylic acids is 1. The molecule has 0 unspecified atom stereocenters. The predicted molar refractivity (Wildman–Crippen MR) is 126 cm³/mol. The highest BCUT2D eigenvalue weighted by atomic mass is 19.4. The lowest BCUT2D eigenvalue weighted by atomic mass is 9.97. The van der Waals surface area contributed by atoms with Crippen LogP contribution in [0.4, 0.5) is 26.3 Å². The van der Waals surface area contributed by atoms with Crippen molar-refractivity contribution in [2.45, 2.75) is 24.8 Å². The number of benzene rings is 3. The fourth-order valence-corrected chi connectivity index (χ4v) is 3.83. The molecule has 0 aliphatic carbocycles. The molecule has 1 atom stereocenters. The monoisotopic (exact) mass is 532 g/mol. The molecule has 4 rings (SSSR count). The number of nitrogens with zero attached hydrogens (tertiary/aromatic N) is 1. The molecule has 0 saturated carbocycles. The molecular formula is C27H18F6N2O3. The van der Waals surface area contributed by atoms with E-state index in [0.717, 1.165) is 10.8 Å². The van der Waals surface area contributed by atoms with E-state index in [1.54, 1.807) is 24.3 Å². The third-order valence-electron chi connectivity index (χ3n) is 5.78. The highest BCUT2D eigenvalue weighted by Crippen LogP contribution is 2.38. The van der Waals surface area contributed by atoms with Crippen molar-refractivity contribution >= 4 is 22.6 Å². The number of aromatic nitrogens is 1. The van der Waals surface area contributed by atoms with Crippen molar-refractivity contribution in [2.75, 3.05) is 0 Å². The van der Waals surface area contributed by atoms with Crippen LogP contribution in [0.3, 0.4) is 0 Å². The van der Waals surface area contributed by atoms with Gasteiger partial charge < -0.3 is 10.4 Å². The third kappa shape index (κ3) is 6.10. The predicted octanol–water partition coefficient (Wildman–Crippen LogP) is 6.37. The molecule has 0 bridgehead atoms. The van der Waals surface area contributed by atoms with Crippen molar-refractivity contribution in [1.82, 2.24) is 10.3 Å². The molecule has 0 radical (unpaired) electrons. The molecule has 0 aliphatic rings. The van der Waals surface area contributed by atoms with Crippen LogP contribution in [0.5, 0.6) is 0 Å². The number of carbonyl (C=O) groups is 2. The molecule has 196 valence electrons. The van der Waals surface area contributed by atoms with Crippen LogP contribution in [0.2, 0.25) is 0 Å². The van der Waals surface area contributed by atoms with Crippen LogP contribution in [0.1, 0.15) is 27.2 Å². The Morgan fingerprint density at radius 3 is 1.92 bits per heavy atom. The van der Waals surface area contributed by atoms with Gasteiger partial charge in [0.2, 0.25) is 0 Å². The lowest BCUT2D eigenvalue weighted by Gasteiger charge is -2.16. The van der Waals surface area contributed by atoms with Gasteiger partial charge in [0, 0.05) is 18.0 Å². The smallest absolute Gasteiger partial charge is 0.416 e. The summed E-state index contributed by atoms with van der Waals surface area (Å²) in [6.45, 7) is 0. The van der Waals surface area contributed by atoms with Crippen molar-refractivity contribution in [3.63, 3.8) is 0 Å². The van der Waals surface area contributed by atoms with E-state index in [4.69, 9.17) is 0 Å². The van der Waals surface area contributed by atoms with Gasteiger partial charge >= 0.3 is 18.3 Å². The summed E-state index contributed by atoms with van der Waals surface area (Å²) in [6.07, 6.45) is -8.67. The number of alkyl halides is 6. The minimum Gasteiger partial charge on any atom is -0.480 e. The SMILES string of the molecule is O=C(N[C@@H](Cc1ccc(-c2cc(C(F)(F)F)cc(C(F)(F)F)c2)cc1)C(=O)O)c1cc2ccccc2cn1. The van der Waals surface area contributed by atoms with E-state index in [2.05, 4.69) is 10.3 Å². The third-order valence-corrected chi connectivity index (χ3v) is 5.78. The Hall–Kier alpha value is -4.41. The van der Waals surface area contributed by atoms with Gasteiger partial charge in [0.25, 0.3) is 5.91 Å². The standard InChI is InChI=1S/C27H18F6N2O3/c28-26(29,30)20-10-19(11-21(13-20)27(31,32)33)16-7-5-15(6-8-16)9-23(25(37)38)35-24(36)22-12-17-3-1-2-4-18(17)14-34-22/h1-8,10-14,23H,9H2,(H,35,36)(H,37,38)/t23-/m0/s1. The molecule has 0 saturated heterocycles. The van der Waals surface area contributed by atoms with E-state index < -0.39 is 41.4 Å². The Morgan fingerprint density at radius 2 is 1.37 bits per heavy atom. The number of hydrogen-bond donors (Lipinski definition) is 2. The van der Waals surface area contributed by atoms with Crippen molar-refractivity contribution in [3.8, 4) is 11.1 Å². The maximum Gasteiger partial charge on any atom is 0.416 e. The molecule has 0 spiro atoms. The van der Waals surface area contributed by atoms with Crippen LogP contribution in [0, 0.1) is 0 Å². The molecular weight excluding hydrogens is 514 g/mol. The van der Waals surface area contributed by atoms with Crippen LogP contribution < -0.4 is 5.32 Å². The highest BCUT2D eigenvalue weighted by molar-refractivity contribution is 5.98. The second kappa shape index (κ2) is 10.2. The number of aliphatic carboxylic acids is 1. The first-order valence-electron chi connectivity index (χ1n) is 11.1. The zero-order valence-corrected chi connectivity index (χ0v) is 19.3. The minimum atomic E-state index is -4.98. The summed E-state index contributed by atoms with van der Waals surface area (Å²) in [4.78, 5) is 28.5. The lowest BCUT2D eigenvalue weighted by Crippen LogP contribution is -2.42. The summed E-state index contributed by atoms with van der Waals surface area (Å²) in [6, 6.07) is 13.9. The summed E-state index contributed by atoms with van der Waals surface area (Å²) in [5, 5.41) is 13.5. The van der Waals surface area contributed by atoms with Gasteiger partial charge in [-0.25, -0.2) is 4.79 Å². The molecule has 4 aromatic rings. The minimum absolute atomic E-state index is 0.00955. The fraction of sp³-hybridized carbons (Fsp3) is 0.148. The zero-order chi connectivity index (χ0) is 27.7. The van der Waals surface area contributed by atoms with Gasteiger partial charge in [0.15, 0.2) is 0 Å². The van der Waals surface area contributed by atoms with Crippen LogP contribution in [0.25, 0.3) is 21.9 Å². The van der Waals surface area contributed by atoms with E-state index >= 15 is 0 Å². The number of pyridine rings is 1. The summed E-state index contributed by atoms with van der Waals surface area (Å²) in [7, 11) is 0. The van der Waals surface area contributed by atoms with Crippen LogP contribution >= 0.6 is 0 Å². The topological polar surface area (TPSA) is 79.3 Å². The largest absolute Gasteiger partial charge is 0.480 e. The Bertz CT molecular complexity index is 1470. The zero-order valence-electron chi connectivity index (χ0n) is 19.3. The Kier molecular flexibility index (Phi) is 7.12. The van der Waals surface area contributed by atoms with Crippen molar-refractivity contribution < 1.29 is 41.0 Å². The number of hydrogen-bond acceptors (Lipinski definition) is 3. The highest BCUT2D eigenvalue weighted by Gasteiger charge is 2.37. The normalized spacial score (nSPS) is 12.8. The number of halogens is 6. The molecule has 0 fully saturated rings. The summed E-state index contributed by atoms with van der Waals surface area (Å²) in [5.41, 5.74) is -2.72. The molecule has 11 heteroatoms. The van der Waals surface area contributed by atoms with E-state index in [1.165, 1.54) is 36.5 Å². The molecule has 3 aromatic carbocycles. The molecule has 1 heterocycles. The van der Waals surface area contributed by atoms with Gasteiger partial charge in [-0.3, -0.25) is 9.78 Å². The molecule has 1 aromatic heterocycles. The van der Waals surface area contributed by atoms with Gasteiger partial charge in [-0.2, -0.15) is 26.3 Å². The van der Waals surface area contributed by atoms with Crippen molar-refractivity contribution in [3.05, 3.63) is 101 Å². The van der Waals surface area contributed by atoms with Gasteiger partial charge in [-0.15, -0.1) is 0 Å². The maximum absolute atomic E-state index is 13.2. The second-order valence-corrected chi connectivity index (χ2v) is 8.48. The average molecular weight is 532 g/mol. The molecule has 2 N–H and O–H groups in total. The summed E-state index contributed by atoms with van der Waals surface area (Å²) < 4.78 is 79.1. The fourth-order valence-electron chi connectivity index (χ4n) is 3.83. The van der Waals surface area contributed by atoms with Crippen LogP contribution in [0.15, 0.2) is 79.0 Å². The van der Waals surface area contributed by atoms with Crippen molar-refractivity contribution in [1.29, 1.82) is 0 Å². The lowest BCUT2D eigenvalue weighted by molar-refractivity contribution is -0.143. The van der Waals surface area contributed by atoms with Crippen molar-refractivity contribution in [2.24, 2.45) is 0 Å². The van der Waals surface area contributed by atoms with E-state index in [9.17, 15) is 41.0 Å². The first-order chi connectivity index (χ1) is 17.8. The maximum atomic E-state index is 13.2. The average Bonchev–Trinajstić information content (AvgIpc) is 2.87. The van der Waals surface area contributed by atoms with Gasteiger partial charge in [0.05, 0.1) is 11.1 Å².